The fraction of sp³-hybridized carbons (Fsp3) is 0.800. The van der Waals surface area contributed by atoms with Gasteiger partial charge in [0.1, 0.15) is 0 Å². The van der Waals surface area contributed by atoms with E-state index in [4.69, 9.17) is 5.73 Å². The summed E-state index contributed by atoms with van der Waals surface area (Å²) >= 11 is 0. The van der Waals surface area contributed by atoms with Crippen molar-refractivity contribution >= 4 is 5.96 Å². The van der Waals surface area contributed by atoms with Crippen LogP contribution in [0.2, 0.25) is 0 Å². The number of nitrogens with zero attached hydrogens (tertiary/aromatic N) is 3. The van der Waals surface area contributed by atoms with Gasteiger partial charge in [0.2, 0.25) is 0 Å². The van der Waals surface area contributed by atoms with Crippen LogP contribution in [0.3, 0.4) is 0 Å². The molecule has 0 aromatic carbocycles. The Morgan fingerprint density at radius 3 is 2.55 bits per heavy atom. The topological polar surface area (TPSA) is 84.8 Å². The van der Waals surface area contributed by atoms with E-state index in [0.717, 1.165) is 5.01 Å². The largest absolute Gasteiger partial charge is 0.365 e. The SMILES string of the molecule is CCN=C(N)N(CC)[N+](=O)[O-]. The summed E-state index contributed by atoms with van der Waals surface area (Å²) < 4.78 is 0. The fourth-order valence-electron chi connectivity index (χ4n) is 0.605. The van der Waals surface area contributed by atoms with Crippen molar-refractivity contribution in [3.05, 3.63) is 10.1 Å². The number of nitrogens with two attached hydrogens (primary N) is 1. The first-order valence-electron chi connectivity index (χ1n) is 3.35. The summed E-state index contributed by atoms with van der Waals surface area (Å²) in [5.74, 6) is -0.0417. The third-order valence-corrected chi connectivity index (χ3v) is 1.08. The van der Waals surface area contributed by atoms with Gasteiger partial charge < -0.3 is 5.73 Å². The molecule has 64 valence electrons. The monoisotopic (exact) mass is 160 g/mol. The molecule has 0 atom stereocenters. The molecule has 0 fully saturated rings. The Kier molecular flexibility index (Phi) is 3.94. The minimum absolute atomic E-state index is 0.0417. The average molecular weight is 160 g/mol. The van der Waals surface area contributed by atoms with Crippen molar-refractivity contribution < 1.29 is 5.03 Å². The summed E-state index contributed by atoms with van der Waals surface area (Å²) in [5, 5.41) is 10.4. The van der Waals surface area contributed by atoms with Gasteiger partial charge in [0, 0.05) is 6.54 Å². The Morgan fingerprint density at radius 2 is 2.27 bits per heavy atom. The van der Waals surface area contributed by atoms with E-state index in [1.165, 1.54) is 0 Å². The first-order chi connectivity index (χ1) is 5.13. The van der Waals surface area contributed by atoms with Crippen LogP contribution in [0.25, 0.3) is 0 Å². The molecule has 0 aliphatic carbocycles. The molecule has 11 heavy (non-hydrogen) atoms. The molecule has 0 rings (SSSR count). The number of rotatable bonds is 3. The predicted molar refractivity (Wildman–Crippen MR) is 41.5 cm³/mol. The lowest BCUT2D eigenvalue weighted by atomic mass is 10.7. The van der Waals surface area contributed by atoms with Crippen LogP contribution in [-0.2, 0) is 0 Å². The fourth-order valence-corrected chi connectivity index (χ4v) is 0.605. The Balaban J connectivity index is 4.25. The average Bonchev–Trinajstić information content (AvgIpc) is 1.88. The van der Waals surface area contributed by atoms with Gasteiger partial charge in [0.05, 0.1) is 6.54 Å². The van der Waals surface area contributed by atoms with Crippen molar-refractivity contribution in [1.82, 2.24) is 5.01 Å². The van der Waals surface area contributed by atoms with Crippen LogP contribution >= 0.6 is 0 Å². The van der Waals surface area contributed by atoms with Crippen molar-refractivity contribution in [2.75, 3.05) is 13.1 Å². The third kappa shape index (κ3) is 2.83. The minimum Gasteiger partial charge on any atom is -0.365 e. The van der Waals surface area contributed by atoms with E-state index in [2.05, 4.69) is 4.99 Å². The molecule has 0 bridgehead atoms. The summed E-state index contributed by atoms with van der Waals surface area (Å²) in [7, 11) is 0. The number of hydrogen-bond donors (Lipinski definition) is 1. The van der Waals surface area contributed by atoms with Crippen molar-refractivity contribution in [2.24, 2.45) is 10.7 Å². The van der Waals surface area contributed by atoms with Gasteiger partial charge in [-0.15, -0.1) is 0 Å². The first-order valence-corrected chi connectivity index (χ1v) is 3.35. The van der Waals surface area contributed by atoms with Crippen LogP contribution < -0.4 is 5.73 Å². The van der Waals surface area contributed by atoms with Gasteiger partial charge in [0.15, 0.2) is 5.03 Å². The summed E-state index contributed by atoms with van der Waals surface area (Å²) in [4.78, 5) is 13.9. The Hall–Kier alpha value is -1.33. The Labute approximate surface area is 64.8 Å². The van der Waals surface area contributed by atoms with Crippen LogP contribution in [0.4, 0.5) is 0 Å². The molecule has 0 spiro atoms. The maximum Gasteiger partial charge on any atom is 0.254 e. The highest BCUT2D eigenvalue weighted by molar-refractivity contribution is 5.76. The normalized spacial score (nSPS) is 11.3. The maximum atomic E-state index is 10.2. The Morgan fingerprint density at radius 1 is 1.73 bits per heavy atom. The molecule has 0 amide bonds. The highest BCUT2D eigenvalue weighted by Crippen LogP contribution is 1.86. The summed E-state index contributed by atoms with van der Waals surface area (Å²) in [5.41, 5.74) is 5.27. The van der Waals surface area contributed by atoms with E-state index in [0.29, 0.717) is 6.54 Å². The second-order valence-electron chi connectivity index (χ2n) is 1.79. The van der Waals surface area contributed by atoms with Crippen LogP contribution in [0.15, 0.2) is 4.99 Å². The van der Waals surface area contributed by atoms with Crippen molar-refractivity contribution in [1.29, 1.82) is 0 Å². The molecule has 0 aromatic heterocycles. The maximum absolute atomic E-state index is 10.2. The molecule has 0 saturated carbocycles. The van der Waals surface area contributed by atoms with E-state index in [1.807, 2.05) is 0 Å². The smallest absolute Gasteiger partial charge is 0.254 e. The zero-order valence-corrected chi connectivity index (χ0v) is 6.65. The molecule has 0 heterocycles. The molecule has 0 radical (unpaired) electrons. The number of hydrogen-bond acceptors (Lipinski definition) is 3. The van der Waals surface area contributed by atoms with Gasteiger partial charge >= 0.3 is 0 Å². The zero-order chi connectivity index (χ0) is 8.85. The highest BCUT2D eigenvalue weighted by Gasteiger charge is 2.14. The lowest BCUT2D eigenvalue weighted by Gasteiger charge is -2.09. The second kappa shape index (κ2) is 4.48. The summed E-state index contributed by atoms with van der Waals surface area (Å²) in [6.07, 6.45) is 0. The van der Waals surface area contributed by atoms with Gasteiger partial charge in [-0.3, -0.25) is 0 Å². The molecule has 2 N–H and O–H groups in total. The lowest BCUT2D eigenvalue weighted by molar-refractivity contribution is -0.628. The van der Waals surface area contributed by atoms with E-state index < -0.39 is 5.03 Å². The van der Waals surface area contributed by atoms with Crippen LogP contribution in [0, 0.1) is 10.1 Å². The molecule has 0 aliphatic heterocycles. The molecule has 0 aliphatic rings. The van der Waals surface area contributed by atoms with Crippen molar-refractivity contribution in [3.63, 3.8) is 0 Å². The van der Waals surface area contributed by atoms with Gasteiger partial charge in [0.25, 0.3) is 5.96 Å². The summed E-state index contributed by atoms with van der Waals surface area (Å²) in [6.45, 7) is 4.08. The molecule has 0 saturated heterocycles. The zero-order valence-electron chi connectivity index (χ0n) is 6.65. The predicted octanol–water partition coefficient (Wildman–Crippen LogP) is -0.165. The number of guanidine groups is 1. The van der Waals surface area contributed by atoms with Gasteiger partial charge in [-0.1, -0.05) is 5.01 Å². The van der Waals surface area contributed by atoms with E-state index in [-0.39, 0.29) is 12.5 Å². The van der Waals surface area contributed by atoms with Crippen molar-refractivity contribution in [3.8, 4) is 0 Å². The number of hydrazine groups is 1. The quantitative estimate of drug-likeness (QED) is 0.269. The molecule has 6 nitrogen and oxygen atoms in total. The number of aliphatic imine (C=N–C) groups is 1. The Bertz CT molecular complexity index is 168. The van der Waals surface area contributed by atoms with Crippen LogP contribution in [-0.4, -0.2) is 29.1 Å². The highest BCUT2D eigenvalue weighted by atomic mass is 16.7. The van der Waals surface area contributed by atoms with Crippen molar-refractivity contribution in [2.45, 2.75) is 13.8 Å². The van der Waals surface area contributed by atoms with E-state index in [1.54, 1.807) is 13.8 Å². The summed E-state index contributed by atoms with van der Waals surface area (Å²) in [6, 6.07) is 0. The molecule has 0 unspecified atom stereocenters. The number of nitro groups is 1. The van der Waals surface area contributed by atoms with Gasteiger partial charge in [-0.05, 0) is 13.8 Å². The van der Waals surface area contributed by atoms with E-state index >= 15 is 0 Å². The van der Waals surface area contributed by atoms with Gasteiger partial charge in [-0.2, -0.15) is 0 Å². The first kappa shape index (κ1) is 9.67. The van der Waals surface area contributed by atoms with Gasteiger partial charge in [-0.25, -0.2) is 15.1 Å². The van der Waals surface area contributed by atoms with Crippen LogP contribution in [0.5, 0.6) is 0 Å². The van der Waals surface area contributed by atoms with Crippen LogP contribution in [0.1, 0.15) is 13.8 Å². The molecule has 6 heteroatoms. The lowest BCUT2D eigenvalue weighted by Crippen LogP contribution is -2.41. The second-order valence-corrected chi connectivity index (χ2v) is 1.79. The third-order valence-electron chi connectivity index (χ3n) is 1.08. The van der Waals surface area contributed by atoms with E-state index in [9.17, 15) is 10.1 Å². The standard InChI is InChI=1S/C5H12N4O2/c1-3-7-5(6)8(4-2)9(10)11/h3-4H2,1-2H3,(H2,6,7). The minimum atomic E-state index is -0.575. The molecular formula is C5H12N4O2. The molecule has 0 aromatic rings. The molecular weight excluding hydrogens is 148 g/mol.